The van der Waals surface area contributed by atoms with Crippen LogP contribution in [0.3, 0.4) is 0 Å². The summed E-state index contributed by atoms with van der Waals surface area (Å²) in [5.41, 5.74) is 3.22. The van der Waals surface area contributed by atoms with Crippen LogP contribution in [0.25, 0.3) is 22.6 Å². The van der Waals surface area contributed by atoms with E-state index in [1.165, 1.54) is 0 Å². The summed E-state index contributed by atoms with van der Waals surface area (Å²) in [6, 6.07) is 16.1. The van der Waals surface area contributed by atoms with E-state index in [9.17, 15) is 0 Å². The van der Waals surface area contributed by atoms with E-state index in [0.29, 0.717) is 29.6 Å². The van der Waals surface area contributed by atoms with Crippen LogP contribution in [0.15, 0.2) is 54.9 Å². The number of piperazine rings is 1. The van der Waals surface area contributed by atoms with Crippen LogP contribution in [0.1, 0.15) is 31.7 Å². The molecule has 0 radical (unpaired) electrons. The SMILES string of the molecule is CCC1(Oc2ncnc3c2nc(-c2ccc(OCCN4CCNCC4)cc2Cl)n3Cc2ccccc2)CC1. The Kier molecular flexibility index (Phi) is 7.19. The van der Waals surface area contributed by atoms with Gasteiger partial charge in [-0.1, -0.05) is 48.9 Å². The summed E-state index contributed by atoms with van der Waals surface area (Å²) in [5.74, 6) is 2.02. The van der Waals surface area contributed by atoms with Crippen molar-refractivity contribution in [3.8, 4) is 23.0 Å². The highest BCUT2D eigenvalue weighted by Crippen LogP contribution is 2.44. The monoisotopic (exact) mass is 532 g/mol. The van der Waals surface area contributed by atoms with Gasteiger partial charge in [0.25, 0.3) is 0 Å². The van der Waals surface area contributed by atoms with Crippen LogP contribution >= 0.6 is 11.6 Å². The Morgan fingerprint density at radius 2 is 1.87 bits per heavy atom. The molecule has 1 saturated heterocycles. The van der Waals surface area contributed by atoms with Crippen molar-refractivity contribution >= 4 is 22.8 Å². The van der Waals surface area contributed by atoms with Crippen molar-refractivity contribution in [3.63, 3.8) is 0 Å². The molecule has 1 aliphatic heterocycles. The Hall–Kier alpha value is -3.20. The number of nitrogens with zero attached hydrogens (tertiary/aromatic N) is 5. The van der Waals surface area contributed by atoms with Gasteiger partial charge in [0.15, 0.2) is 11.2 Å². The van der Waals surface area contributed by atoms with Gasteiger partial charge >= 0.3 is 0 Å². The lowest BCUT2D eigenvalue weighted by molar-refractivity contribution is 0.169. The quantitative estimate of drug-likeness (QED) is 0.314. The van der Waals surface area contributed by atoms with E-state index < -0.39 is 0 Å². The molecule has 2 aromatic heterocycles. The number of ether oxygens (including phenoxy) is 2. The van der Waals surface area contributed by atoms with Gasteiger partial charge in [-0.25, -0.2) is 9.97 Å². The number of hydrogen-bond acceptors (Lipinski definition) is 7. The van der Waals surface area contributed by atoms with E-state index in [4.69, 9.17) is 26.1 Å². The molecule has 2 aromatic carbocycles. The Morgan fingerprint density at radius 3 is 2.61 bits per heavy atom. The maximum atomic E-state index is 6.85. The summed E-state index contributed by atoms with van der Waals surface area (Å²) >= 11 is 6.85. The second-order valence-electron chi connectivity index (χ2n) is 10.1. The van der Waals surface area contributed by atoms with Crippen molar-refractivity contribution in [1.29, 1.82) is 0 Å². The zero-order chi connectivity index (χ0) is 26.0. The van der Waals surface area contributed by atoms with E-state index >= 15 is 0 Å². The maximum Gasteiger partial charge on any atom is 0.246 e. The molecule has 0 amide bonds. The molecular formula is C29H33ClN6O2. The number of fused-ring (bicyclic) bond motifs is 1. The van der Waals surface area contributed by atoms with Gasteiger partial charge in [0.2, 0.25) is 5.88 Å². The highest BCUT2D eigenvalue weighted by molar-refractivity contribution is 6.33. The number of imidazole rings is 1. The molecule has 8 nitrogen and oxygen atoms in total. The second kappa shape index (κ2) is 10.9. The molecule has 3 heterocycles. The fraction of sp³-hybridized carbons (Fsp3) is 0.414. The standard InChI is InChI=1S/C29H33ClN6O2/c1-2-29(10-11-29)38-28-25-27(32-20-33-28)36(19-21-6-4-3-5-7-21)26(34-25)23-9-8-22(18-24(23)30)37-17-16-35-14-12-31-13-15-35/h3-9,18,20,31H,2,10-17,19H2,1H3. The van der Waals surface area contributed by atoms with Crippen molar-refractivity contribution in [2.75, 3.05) is 39.3 Å². The van der Waals surface area contributed by atoms with E-state index in [1.54, 1.807) is 6.33 Å². The zero-order valence-corrected chi connectivity index (χ0v) is 22.5. The molecule has 4 aromatic rings. The van der Waals surface area contributed by atoms with Crippen LogP contribution in [-0.4, -0.2) is 69.4 Å². The highest BCUT2D eigenvalue weighted by atomic mass is 35.5. The highest BCUT2D eigenvalue weighted by Gasteiger charge is 2.44. The van der Waals surface area contributed by atoms with Crippen LogP contribution in [0.4, 0.5) is 0 Å². The predicted molar refractivity (Wildman–Crippen MR) is 149 cm³/mol. The minimum atomic E-state index is -0.133. The van der Waals surface area contributed by atoms with Gasteiger partial charge in [0.1, 0.15) is 30.1 Å². The first-order valence-electron chi connectivity index (χ1n) is 13.4. The lowest BCUT2D eigenvalue weighted by Gasteiger charge is -2.26. The molecule has 38 heavy (non-hydrogen) atoms. The molecule has 9 heteroatoms. The van der Waals surface area contributed by atoms with E-state index in [-0.39, 0.29) is 5.60 Å². The molecule has 1 saturated carbocycles. The van der Waals surface area contributed by atoms with Gasteiger partial charge in [0, 0.05) is 38.3 Å². The van der Waals surface area contributed by atoms with Crippen molar-refractivity contribution < 1.29 is 9.47 Å². The number of aromatic nitrogens is 4. The molecule has 0 bridgehead atoms. The topological polar surface area (TPSA) is 77.3 Å². The smallest absolute Gasteiger partial charge is 0.246 e. The van der Waals surface area contributed by atoms with Crippen LogP contribution in [0.5, 0.6) is 11.6 Å². The predicted octanol–water partition coefficient (Wildman–Crippen LogP) is 4.80. The summed E-state index contributed by atoms with van der Waals surface area (Å²) < 4.78 is 14.5. The molecule has 2 fully saturated rings. The Labute approximate surface area is 228 Å². The van der Waals surface area contributed by atoms with E-state index in [1.807, 2.05) is 36.4 Å². The fourth-order valence-corrected chi connectivity index (χ4v) is 5.23. The third-order valence-corrected chi connectivity index (χ3v) is 7.83. The molecule has 1 aliphatic carbocycles. The third kappa shape index (κ3) is 5.34. The van der Waals surface area contributed by atoms with E-state index in [2.05, 4.69) is 43.8 Å². The number of nitrogens with one attached hydrogen (secondary N) is 1. The van der Waals surface area contributed by atoms with Crippen LogP contribution in [0, 0.1) is 0 Å². The first-order valence-corrected chi connectivity index (χ1v) is 13.8. The number of halogens is 1. The molecule has 0 unspecified atom stereocenters. The van der Waals surface area contributed by atoms with Crippen LogP contribution < -0.4 is 14.8 Å². The molecule has 0 atom stereocenters. The van der Waals surface area contributed by atoms with Crippen molar-refractivity contribution in [2.24, 2.45) is 0 Å². The summed E-state index contributed by atoms with van der Waals surface area (Å²) in [5, 5.41) is 3.96. The zero-order valence-electron chi connectivity index (χ0n) is 21.7. The van der Waals surface area contributed by atoms with Crippen LogP contribution in [0.2, 0.25) is 5.02 Å². The van der Waals surface area contributed by atoms with Gasteiger partial charge < -0.3 is 19.4 Å². The summed E-state index contributed by atoms with van der Waals surface area (Å²) in [6.07, 6.45) is 4.58. The normalized spacial score (nSPS) is 17.0. The number of hydrogen-bond donors (Lipinski definition) is 1. The molecule has 1 N–H and O–H groups in total. The third-order valence-electron chi connectivity index (χ3n) is 7.51. The van der Waals surface area contributed by atoms with Gasteiger partial charge in [-0.3, -0.25) is 4.90 Å². The van der Waals surface area contributed by atoms with Gasteiger partial charge in [-0.15, -0.1) is 0 Å². The summed E-state index contributed by atoms with van der Waals surface area (Å²) in [6.45, 7) is 8.43. The maximum absolute atomic E-state index is 6.85. The average Bonchev–Trinajstić information content (AvgIpc) is 3.63. The lowest BCUT2D eigenvalue weighted by atomic mass is 10.2. The first kappa shape index (κ1) is 25.1. The minimum absolute atomic E-state index is 0.133. The summed E-state index contributed by atoms with van der Waals surface area (Å²) in [7, 11) is 0. The second-order valence-corrected chi connectivity index (χ2v) is 10.5. The van der Waals surface area contributed by atoms with Crippen molar-refractivity contribution in [3.05, 3.63) is 65.4 Å². The van der Waals surface area contributed by atoms with Gasteiger partial charge in [0.05, 0.1) is 11.6 Å². The first-order chi connectivity index (χ1) is 18.6. The average molecular weight is 533 g/mol. The van der Waals surface area contributed by atoms with Crippen molar-refractivity contribution in [2.45, 2.75) is 38.3 Å². The Morgan fingerprint density at radius 1 is 1.05 bits per heavy atom. The molecule has 6 rings (SSSR count). The molecule has 2 aliphatic rings. The molecule has 198 valence electrons. The van der Waals surface area contributed by atoms with Gasteiger partial charge in [-0.05, 0) is 43.0 Å². The minimum Gasteiger partial charge on any atom is -0.492 e. The number of benzene rings is 2. The van der Waals surface area contributed by atoms with E-state index in [0.717, 1.165) is 80.3 Å². The Balaban J connectivity index is 1.31. The molecule has 0 spiro atoms. The lowest BCUT2D eigenvalue weighted by Crippen LogP contribution is -2.44. The van der Waals surface area contributed by atoms with Crippen LogP contribution in [-0.2, 0) is 6.54 Å². The number of rotatable bonds is 10. The fourth-order valence-electron chi connectivity index (χ4n) is 4.98. The largest absolute Gasteiger partial charge is 0.492 e. The Bertz CT molecular complexity index is 1400. The molecular weight excluding hydrogens is 500 g/mol. The van der Waals surface area contributed by atoms with Gasteiger partial charge in [-0.2, -0.15) is 4.98 Å². The summed E-state index contributed by atoms with van der Waals surface area (Å²) in [4.78, 5) is 16.5. The van der Waals surface area contributed by atoms with Crippen molar-refractivity contribution in [1.82, 2.24) is 29.7 Å².